The van der Waals surface area contributed by atoms with Crippen LogP contribution < -0.4 is 5.32 Å². The molecular weight excluding hydrogens is 366 g/mol. The maximum Gasteiger partial charge on any atom is 0.261 e. The summed E-state index contributed by atoms with van der Waals surface area (Å²) in [7, 11) is 0. The quantitative estimate of drug-likeness (QED) is 0.565. The van der Waals surface area contributed by atoms with E-state index in [1.165, 1.54) is 11.3 Å². The van der Waals surface area contributed by atoms with E-state index in [2.05, 4.69) is 20.6 Å². The average molecular weight is 381 g/mol. The van der Waals surface area contributed by atoms with Crippen LogP contribution in [0.3, 0.4) is 0 Å². The number of nitrogens with zero attached hydrogens (tertiary/aromatic N) is 4. The molecule has 1 aromatic carbocycles. The number of aromatic nitrogens is 4. The zero-order valence-electron chi connectivity index (χ0n) is 13.9. The van der Waals surface area contributed by atoms with Crippen molar-refractivity contribution >= 4 is 33.7 Å². The fourth-order valence-electron chi connectivity index (χ4n) is 2.55. The van der Waals surface area contributed by atoms with Crippen molar-refractivity contribution in [2.24, 2.45) is 0 Å². The van der Waals surface area contributed by atoms with E-state index >= 15 is 0 Å². The highest BCUT2D eigenvalue weighted by Crippen LogP contribution is 2.28. The summed E-state index contributed by atoms with van der Waals surface area (Å²) in [6, 6.07) is 14.0. The summed E-state index contributed by atoms with van der Waals surface area (Å²) in [6.45, 7) is 2.45. The first-order valence-electron chi connectivity index (χ1n) is 7.96. The number of thiophene rings is 1. The highest BCUT2D eigenvalue weighted by Gasteiger charge is 2.20. The lowest BCUT2D eigenvalue weighted by Crippen LogP contribution is -2.12. The van der Waals surface area contributed by atoms with Gasteiger partial charge in [-0.05, 0) is 23.9 Å². The van der Waals surface area contributed by atoms with Crippen molar-refractivity contribution in [2.75, 3.05) is 5.32 Å². The molecule has 0 saturated carbocycles. The van der Waals surface area contributed by atoms with Crippen LogP contribution in [0.1, 0.15) is 20.9 Å². The summed E-state index contributed by atoms with van der Waals surface area (Å²) in [4.78, 5) is 13.7. The van der Waals surface area contributed by atoms with Crippen molar-refractivity contribution in [3.05, 3.63) is 70.2 Å². The second-order valence-electron chi connectivity index (χ2n) is 5.63. The van der Waals surface area contributed by atoms with E-state index in [9.17, 15) is 4.79 Å². The first-order chi connectivity index (χ1) is 12.7. The average Bonchev–Trinajstić information content (AvgIpc) is 3.36. The number of benzene rings is 1. The Morgan fingerprint density at radius 1 is 1.15 bits per heavy atom. The lowest BCUT2D eigenvalue weighted by molar-refractivity contribution is 0.102. The van der Waals surface area contributed by atoms with Gasteiger partial charge < -0.3 is 0 Å². The summed E-state index contributed by atoms with van der Waals surface area (Å²) < 4.78 is 1.80. The number of hydrogen-bond donors (Lipinski definition) is 1. The number of rotatable bonds is 5. The predicted octanol–water partition coefficient (Wildman–Crippen LogP) is 4.07. The highest BCUT2D eigenvalue weighted by atomic mass is 32.1. The molecule has 0 aliphatic carbocycles. The maximum atomic E-state index is 12.8. The van der Waals surface area contributed by atoms with Gasteiger partial charge in [-0.2, -0.15) is 5.10 Å². The molecule has 130 valence electrons. The molecule has 3 heterocycles. The first kappa shape index (κ1) is 16.6. The lowest BCUT2D eigenvalue weighted by atomic mass is 10.2. The number of amides is 1. The molecule has 4 aromatic rings. The minimum absolute atomic E-state index is 0.233. The summed E-state index contributed by atoms with van der Waals surface area (Å²) in [6.07, 6.45) is 1.78. The van der Waals surface area contributed by atoms with Crippen LogP contribution >= 0.6 is 22.7 Å². The van der Waals surface area contributed by atoms with Crippen molar-refractivity contribution in [3.8, 4) is 10.6 Å². The topological polar surface area (TPSA) is 72.7 Å². The number of anilines is 1. The molecule has 0 aliphatic rings. The van der Waals surface area contributed by atoms with Crippen LogP contribution in [-0.2, 0) is 6.54 Å². The standard InChI is InChI=1S/C18H15N5OS2/c1-12-20-21-18(26-12)19-17(24)14-11-23(10-13-6-3-2-4-7-13)22-16(14)15-8-5-9-25-15/h2-9,11H,10H2,1H3,(H,19,21,24). The maximum absolute atomic E-state index is 12.8. The van der Waals surface area contributed by atoms with E-state index in [0.717, 1.165) is 15.4 Å². The van der Waals surface area contributed by atoms with Gasteiger partial charge in [-0.3, -0.25) is 14.8 Å². The van der Waals surface area contributed by atoms with Crippen LogP contribution in [0.5, 0.6) is 0 Å². The van der Waals surface area contributed by atoms with Gasteiger partial charge in [0.2, 0.25) is 5.13 Å². The van der Waals surface area contributed by atoms with Gasteiger partial charge in [0.15, 0.2) is 0 Å². The molecule has 1 amide bonds. The van der Waals surface area contributed by atoms with Crippen molar-refractivity contribution in [1.82, 2.24) is 20.0 Å². The van der Waals surface area contributed by atoms with Crippen LogP contribution in [0, 0.1) is 6.92 Å². The Balaban J connectivity index is 1.66. The van der Waals surface area contributed by atoms with E-state index in [4.69, 9.17) is 0 Å². The molecule has 0 atom stereocenters. The summed E-state index contributed by atoms with van der Waals surface area (Å²) in [5.74, 6) is -0.233. The molecule has 4 rings (SSSR count). The van der Waals surface area contributed by atoms with E-state index in [1.807, 2.05) is 54.8 Å². The van der Waals surface area contributed by atoms with E-state index < -0.39 is 0 Å². The van der Waals surface area contributed by atoms with Gasteiger partial charge in [0.25, 0.3) is 5.91 Å². The van der Waals surface area contributed by atoms with Crippen LogP contribution in [-0.4, -0.2) is 25.9 Å². The molecule has 0 unspecified atom stereocenters. The number of carbonyl (C=O) groups excluding carboxylic acids is 1. The van der Waals surface area contributed by atoms with Crippen LogP contribution in [0.2, 0.25) is 0 Å². The highest BCUT2D eigenvalue weighted by molar-refractivity contribution is 7.15. The predicted molar refractivity (Wildman–Crippen MR) is 104 cm³/mol. The van der Waals surface area contributed by atoms with Gasteiger partial charge in [-0.1, -0.05) is 47.7 Å². The fraction of sp³-hybridized carbons (Fsp3) is 0.111. The minimum atomic E-state index is -0.233. The van der Waals surface area contributed by atoms with Gasteiger partial charge in [0, 0.05) is 6.20 Å². The molecule has 0 bridgehead atoms. The van der Waals surface area contributed by atoms with Crippen molar-refractivity contribution in [2.45, 2.75) is 13.5 Å². The lowest BCUT2D eigenvalue weighted by Gasteiger charge is -2.00. The van der Waals surface area contributed by atoms with Gasteiger partial charge in [0.05, 0.1) is 17.0 Å². The molecule has 26 heavy (non-hydrogen) atoms. The Morgan fingerprint density at radius 2 is 2.00 bits per heavy atom. The second kappa shape index (κ2) is 7.19. The Hall–Kier alpha value is -2.84. The Bertz CT molecular complexity index is 1020. The Labute approximate surface area is 158 Å². The number of nitrogens with one attached hydrogen (secondary N) is 1. The normalized spacial score (nSPS) is 10.8. The molecule has 0 saturated heterocycles. The largest absolute Gasteiger partial charge is 0.296 e. The van der Waals surface area contributed by atoms with E-state index in [0.29, 0.717) is 22.9 Å². The SMILES string of the molecule is Cc1nnc(NC(=O)c2cn(Cc3ccccc3)nc2-c2cccs2)s1. The molecule has 0 fully saturated rings. The molecular formula is C18H15N5OS2. The fourth-order valence-corrected chi connectivity index (χ4v) is 3.86. The van der Waals surface area contributed by atoms with E-state index in [1.54, 1.807) is 22.2 Å². The first-order valence-corrected chi connectivity index (χ1v) is 9.65. The summed E-state index contributed by atoms with van der Waals surface area (Å²) in [5.41, 5.74) is 2.32. The van der Waals surface area contributed by atoms with Crippen LogP contribution in [0.15, 0.2) is 54.0 Å². The molecule has 8 heteroatoms. The summed E-state index contributed by atoms with van der Waals surface area (Å²) in [5, 5.41) is 18.6. The third kappa shape index (κ3) is 3.56. The third-order valence-electron chi connectivity index (χ3n) is 3.69. The van der Waals surface area contributed by atoms with Crippen molar-refractivity contribution in [3.63, 3.8) is 0 Å². The molecule has 0 spiro atoms. The van der Waals surface area contributed by atoms with Crippen LogP contribution in [0.4, 0.5) is 5.13 Å². The number of hydrogen-bond acceptors (Lipinski definition) is 6. The van der Waals surface area contributed by atoms with Crippen LogP contribution in [0.25, 0.3) is 10.6 Å². The van der Waals surface area contributed by atoms with Gasteiger partial charge in [-0.25, -0.2) is 0 Å². The minimum Gasteiger partial charge on any atom is -0.296 e. The second-order valence-corrected chi connectivity index (χ2v) is 7.76. The molecule has 0 aliphatic heterocycles. The van der Waals surface area contributed by atoms with Crippen molar-refractivity contribution in [1.29, 1.82) is 0 Å². The van der Waals surface area contributed by atoms with Gasteiger partial charge in [-0.15, -0.1) is 21.5 Å². The molecule has 6 nitrogen and oxygen atoms in total. The smallest absolute Gasteiger partial charge is 0.261 e. The summed E-state index contributed by atoms with van der Waals surface area (Å²) >= 11 is 2.90. The third-order valence-corrected chi connectivity index (χ3v) is 5.33. The van der Waals surface area contributed by atoms with Gasteiger partial charge >= 0.3 is 0 Å². The van der Waals surface area contributed by atoms with Gasteiger partial charge in [0.1, 0.15) is 10.7 Å². The van der Waals surface area contributed by atoms with Crippen molar-refractivity contribution < 1.29 is 4.79 Å². The zero-order chi connectivity index (χ0) is 17.9. The Kier molecular flexibility index (Phi) is 4.59. The number of carbonyl (C=O) groups is 1. The monoisotopic (exact) mass is 381 g/mol. The number of aryl methyl sites for hydroxylation is 1. The molecule has 1 N–H and O–H groups in total. The zero-order valence-corrected chi connectivity index (χ0v) is 15.5. The molecule has 0 radical (unpaired) electrons. The molecule has 3 aromatic heterocycles. The Morgan fingerprint density at radius 3 is 2.69 bits per heavy atom. The van der Waals surface area contributed by atoms with E-state index in [-0.39, 0.29) is 5.91 Å².